The maximum atomic E-state index is 2.67. The maximum Gasteiger partial charge on any atom is 0.0563 e. The van der Waals surface area contributed by atoms with Crippen LogP contribution >= 0.6 is 0 Å². The molecule has 1 nitrogen and oxygen atoms in total. The van der Waals surface area contributed by atoms with Gasteiger partial charge in [-0.1, -0.05) is 198 Å². The molecule has 65 heavy (non-hydrogen) atoms. The van der Waals surface area contributed by atoms with Gasteiger partial charge in [0, 0.05) is 22.2 Å². The van der Waals surface area contributed by atoms with Crippen LogP contribution in [0.2, 0.25) is 0 Å². The Bertz CT molecular complexity index is 3050. The van der Waals surface area contributed by atoms with Gasteiger partial charge in [-0.2, -0.15) is 0 Å². The first-order valence-corrected chi connectivity index (χ1v) is 24.0. The van der Waals surface area contributed by atoms with E-state index < -0.39 is 0 Å². The molecule has 0 N–H and O–H groups in total. The van der Waals surface area contributed by atoms with Gasteiger partial charge in [-0.15, -0.1) is 0 Å². The van der Waals surface area contributed by atoms with Crippen LogP contribution in [0.3, 0.4) is 0 Å². The molecular weight excluding hydrogens is 783 g/mol. The molecule has 0 bridgehead atoms. The SMILES string of the molecule is CCC1(CC)C2=C(C=CC(N(c3ccc(-c4ccccc4)cc3)c3ccc(-c4ccc(-c5ccccc5)cc4)cc3)C2)c2cc3c(cc21)-c1c(-c2ccccc2)cccc1C3(CC)CC. The fraction of sp³-hybridized carbons (Fsp3) is 0.188. The summed E-state index contributed by atoms with van der Waals surface area (Å²) < 4.78 is 0. The number of anilines is 2. The van der Waals surface area contributed by atoms with Crippen LogP contribution in [0.25, 0.3) is 61.2 Å². The molecule has 0 aromatic heterocycles. The van der Waals surface area contributed by atoms with Crippen LogP contribution in [0.4, 0.5) is 11.4 Å². The monoisotopic (exact) mass is 839 g/mol. The summed E-state index contributed by atoms with van der Waals surface area (Å²) in [7, 11) is 0. The van der Waals surface area contributed by atoms with E-state index in [-0.39, 0.29) is 16.9 Å². The van der Waals surface area contributed by atoms with Crippen molar-refractivity contribution in [3.8, 4) is 55.6 Å². The van der Waals surface area contributed by atoms with Crippen molar-refractivity contribution < 1.29 is 0 Å². The third-order valence-corrected chi connectivity index (χ3v) is 15.7. The Labute approximate surface area is 386 Å². The summed E-state index contributed by atoms with van der Waals surface area (Å²) in [6, 6.07) is 72.5. The summed E-state index contributed by atoms with van der Waals surface area (Å²) in [5.74, 6) is 0. The Morgan fingerprint density at radius 3 is 1.32 bits per heavy atom. The van der Waals surface area contributed by atoms with Crippen molar-refractivity contribution in [1.82, 2.24) is 0 Å². The lowest BCUT2D eigenvalue weighted by Crippen LogP contribution is -2.35. The van der Waals surface area contributed by atoms with Crippen molar-refractivity contribution in [2.45, 2.75) is 76.7 Å². The molecule has 0 amide bonds. The smallest absolute Gasteiger partial charge is 0.0563 e. The Hall–Kier alpha value is -6.96. The second-order valence-corrected chi connectivity index (χ2v) is 18.4. The third-order valence-electron chi connectivity index (χ3n) is 15.7. The first-order valence-electron chi connectivity index (χ1n) is 24.0. The standard InChI is InChI=1S/C64H57N/c1-5-63(6-2)58-26-18-25-54(50-23-16-11-17-24-50)62(58)57-43-60-56(42-61(57)63)55-40-39-53(41-59(55)64(60,7-3)8-4)65(51-35-31-48(32-36-51)45-21-14-10-15-22-45)52-37-33-49(34-38-52)47-29-27-46(28-30-47)44-19-12-9-13-20-44/h9-40,42-43,53H,5-8,41H2,1-4H3. The number of nitrogens with zero attached hydrogens (tertiary/aromatic N) is 1. The number of hydrogen-bond acceptors (Lipinski definition) is 1. The van der Waals surface area contributed by atoms with Gasteiger partial charge in [0.15, 0.2) is 0 Å². The van der Waals surface area contributed by atoms with E-state index in [0.717, 1.165) is 32.1 Å². The summed E-state index contributed by atoms with van der Waals surface area (Å²) >= 11 is 0. The second kappa shape index (κ2) is 16.5. The first kappa shape index (κ1) is 40.8. The second-order valence-electron chi connectivity index (χ2n) is 18.4. The topological polar surface area (TPSA) is 3.24 Å². The highest BCUT2D eigenvalue weighted by Gasteiger charge is 2.48. The molecule has 8 aromatic rings. The molecule has 0 spiro atoms. The summed E-state index contributed by atoms with van der Waals surface area (Å²) in [5.41, 5.74) is 24.3. The third kappa shape index (κ3) is 6.58. The first-order chi connectivity index (χ1) is 32.0. The molecule has 0 fully saturated rings. The molecular formula is C64H57N. The quantitative estimate of drug-likeness (QED) is 0.125. The van der Waals surface area contributed by atoms with E-state index in [2.05, 4.69) is 239 Å². The Kier molecular flexibility index (Phi) is 10.4. The number of hydrogen-bond donors (Lipinski definition) is 0. The lowest BCUT2D eigenvalue weighted by atomic mass is 9.69. The van der Waals surface area contributed by atoms with Crippen molar-refractivity contribution in [1.29, 1.82) is 0 Å². The van der Waals surface area contributed by atoms with E-state index in [1.165, 1.54) is 94.8 Å². The van der Waals surface area contributed by atoms with Crippen molar-refractivity contribution in [2.75, 3.05) is 4.90 Å². The van der Waals surface area contributed by atoms with Crippen molar-refractivity contribution in [3.63, 3.8) is 0 Å². The van der Waals surface area contributed by atoms with E-state index >= 15 is 0 Å². The average molecular weight is 840 g/mol. The number of allylic oxidation sites excluding steroid dienone is 2. The summed E-state index contributed by atoms with van der Waals surface area (Å²) in [5, 5.41) is 0. The van der Waals surface area contributed by atoms with Gasteiger partial charge < -0.3 is 4.90 Å². The summed E-state index contributed by atoms with van der Waals surface area (Å²) in [4.78, 5) is 2.60. The molecule has 1 atom stereocenters. The van der Waals surface area contributed by atoms with Crippen LogP contribution in [0, 0.1) is 0 Å². The van der Waals surface area contributed by atoms with Gasteiger partial charge >= 0.3 is 0 Å². The molecule has 318 valence electrons. The van der Waals surface area contributed by atoms with Gasteiger partial charge in [-0.3, -0.25) is 0 Å². The van der Waals surface area contributed by atoms with Gasteiger partial charge in [0.1, 0.15) is 0 Å². The molecule has 3 aliphatic rings. The van der Waals surface area contributed by atoms with Crippen LogP contribution in [0.15, 0.2) is 212 Å². The highest BCUT2D eigenvalue weighted by atomic mass is 15.2. The minimum atomic E-state index is -0.0488. The van der Waals surface area contributed by atoms with E-state index in [0.29, 0.717) is 0 Å². The molecule has 0 saturated heterocycles. The lowest BCUT2D eigenvalue weighted by molar-refractivity contribution is 0.454. The molecule has 0 heterocycles. The number of rotatable bonds is 11. The van der Waals surface area contributed by atoms with E-state index in [1.54, 1.807) is 5.57 Å². The molecule has 1 unspecified atom stereocenters. The van der Waals surface area contributed by atoms with E-state index in [4.69, 9.17) is 0 Å². The van der Waals surface area contributed by atoms with Crippen molar-refractivity contribution in [2.24, 2.45) is 0 Å². The minimum absolute atomic E-state index is 0.0192. The van der Waals surface area contributed by atoms with Crippen molar-refractivity contribution >= 4 is 16.9 Å². The molecule has 3 aliphatic carbocycles. The van der Waals surface area contributed by atoms with Gasteiger partial charge in [0.05, 0.1) is 6.04 Å². The molecule has 8 aromatic carbocycles. The van der Waals surface area contributed by atoms with Crippen molar-refractivity contribution in [3.05, 3.63) is 234 Å². The molecule has 1 heteroatoms. The highest BCUT2D eigenvalue weighted by Crippen LogP contribution is 2.61. The molecule has 0 radical (unpaired) electrons. The Morgan fingerprint density at radius 1 is 0.400 bits per heavy atom. The van der Waals surface area contributed by atoms with Gasteiger partial charge in [-0.05, 0) is 158 Å². The zero-order chi connectivity index (χ0) is 44.1. The number of benzene rings is 8. The Morgan fingerprint density at radius 2 is 0.831 bits per heavy atom. The lowest BCUT2D eigenvalue weighted by Gasteiger charge is -2.39. The zero-order valence-corrected chi connectivity index (χ0v) is 38.2. The van der Waals surface area contributed by atoms with Crippen LogP contribution in [-0.2, 0) is 10.8 Å². The molecule has 0 saturated carbocycles. The largest absolute Gasteiger partial charge is 0.334 e. The predicted molar refractivity (Wildman–Crippen MR) is 277 cm³/mol. The van der Waals surface area contributed by atoms with Gasteiger partial charge in [0.25, 0.3) is 0 Å². The fourth-order valence-electron chi connectivity index (χ4n) is 12.2. The highest BCUT2D eigenvalue weighted by molar-refractivity contribution is 5.97. The van der Waals surface area contributed by atoms with Crippen LogP contribution in [0.5, 0.6) is 0 Å². The zero-order valence-electron chi connectivity index (χ0n) is 38.2. The normalized spacial score (nSPS) is 16.2. The van der Waals surface area contributed by atoms with Crippen LogP contribution in [-0.4, -0.2) is 6.04 Å². The van der Waals surface area contributed by atoms with E-state index in [9.17, 15) is 0 Å². The van der Waals surface area contributed by atoms with Gasteiger partial charge in [-0.25, -0.2) is 0 Å². The average Bonchev–Trinajstić information content (AvgIpc) is 3.82. The molecule has 11 rings (SSSR count). The maximum absolute atomic E-state index is 2.67. The van der Waals surface area contributed by atoms with Gasteiger partial charge in [0.2, 0.25) is 0 Å². The minimum Gasteiger partial charge on any atom is -0.334 e. The Balaban J connectivity index is 0.993. The van der Waals surface area contributed by atoms with E-state index in [1.807, 2.05) is 0 Å². The van der Waals surface area contributed by atoms with Crippen LogP contribution in [0.1, 0.15) is 82.1 Å². The molecule has 0 aliphatic heterocycles. The predicted octanol–water partition coefficient (Wildman–Crippen LogP) is 17.4. The summed E-state index contributed by atoms with van der Waals surface area (Å²) in [6.45, 7) is 9.66. The summed E-state index contributed by atoms with van der Waals surface area (Å²) in [6.07, 6.45) is 10.3. The number of fused-ring (bicyclic) bond motifs is 5. The van der Waals surface area contributed by atoms with Crippen LogP contribution < -0.4 is 4.90 Å². The fourth-order valence-corrected chi connectivity index (χ4v) is 12.2.